The van der Waals surface area contributed by atoms with Crippen LogP contribution in [-0.4, -0.2) is 36.5 Å². The van der Waals surface area contributed by atoms with Crippen molar-refractivity contribution in [3.05, 3.63) is 36.0 Å². The summed E-state index contributed by atoms with van der Waals surface area (Å²) in [6.07, 6.45) is -0.241. The van der Waals surface area contributed by atoms with Crippen molar-refractivity contribution in [2.24, 2.45) is 0 Å². The molecule has 1 aromatic heterocycles. The van der Waals surface area contributed by atoms with E-state index in [9.17, 15) is 8.42 Å². The zero-order valence-corrected chi connectivity index (χ0v) is 11.0. The average molecular weight is 283 g/mol. The lowest BCUT2D eigenvalue weighted by atomic mass is 10.2. The Morgan fingerprint density at radius 1 is 1.42 bits per heavy atom. The van der Waals surface area contributed by atoms with E-state index in [1.54, 1.807) is 24.4 Å². The Morgan fingerprint density at radius 2 is 2.16 bits per heavy atom. The Morgan fingerprint density at radius 3 is 2.84 bits per heavy atom. The second-order valence-corrected chi connectivity index (χ2v) is 5.57. The first-order chi connectivity index (χ1) is 8.94. The smallest absolute Gasteiger partial charge is 0.301 e. The molecule has 0 fully saturated rings. The molecule has 1 heterocycles. The molecule has 19 heavy (non-hydrogen) atoms. The lowest BCUT2D eigenvalue weighted by molar-refractivity contribution is -0.0504. The Bertz CT molecular complexity index is 698. The minimum atomic E-state index is -4.18. The van der Waals surface area contributed by atoms with Crippen LogP contribution in [0.2, 0.25) is 0 Å². The monoisotopic (exact) mass is 283 g/mol. The number of fused-ring (bicyclic) bond motifs is 1. The summed E-state index contributed by atoms with van der Waals surface area (Å²) in [5, 5.41) is 18.4. The predicted octanol–water partition coefficient (Wildman–Crippen LogP) is 0.559. The molecule has 2 rings (SSSR count). The molecule has 1 aromatic carbocycles. The molecule has 0 saturated heterocycles. The summed E-state index contributed by atoms with van der Waals surface area (Å²) in [6, 6.07) is 6.43. The van der Waals surface area contributed by atoms with Crippen LogP contribution in [0.1, 0.15) is 5.56 Å². The molecule has 0 aliphatic carbocycles. The van der Waals surface area contributed by atoms with Crippen molar-refractivity contribution in [3.8, 4) is 0 Å². The summed E-state index contributed by atoms with van der Waals surface area (Å²) in [7, 11) is -4.18. The van der Waals surface area contributed by atoms with Crippen LogP contribution in [0.5, 0.6) is 0 Å². The Hall–Kier alpha value is -1.54. The van der Waals surface area contributed by atoms with Crippen molar-refractivity contribution in [2.75, 3.05) is 6.61 Å². The third kappa shape index (κ3) is 2.90. The highest BCUT2D eigenvalue weighted by Gasteiger charge is 2.22. The summed E-state index contributed by atoms with van der Waals surface area (Å²) in [4.78, 5) is 3.94. The highest BCUT2D eigenvalue weighted by Crippen LogP contribution is 2.23. The van der Waals surface area contributed by atoms with Crippen LogP contribution in [0.3, 0.4) is 0 Å². The first-order valence-electron chi connectivity index (χ1n) is 5.51. The zero-order chi connectivity index (χ0) is 14.0. The van der Waals surface area contributed by atoms with Gasteiger partial charge in [-0.2, -0.15) is 8.42 Å². The topological polar surface area (TPSA) is 96.7 Å². The number of nitrogens with zero attached hydrogens (tertiary/aromatic N) is 1. The van der Waals surface area contributed by atoms with Crippen LogP contribution < -0.4 is 0 Å². The fourth-order valence-electron chi connectivity index (χ4n) is 1.67. The third-order valence-corrected chi connectivity index (χ3v) is 3.82. The second-order valence-electron chi connectivity index (χ2n) is 4.03. The van der Waals surface area contributed by atoms with Crippen molar-refractivity contribution < 1.29 is 22.8 Å². The lowest BCUT2D eigenvalue weighted by Gasteiger charge is -2.11. The van der Waals surface area contributed by atoms with E-state index in [1.165, 1.54) is 6.07 Å². The fourth-order valence-corrected chi connectivity index (χ4v) is 2.78. The van der Waals surface area contributed by atoms with E-state index in [1.807, 2.05) is 6.92 Å². The van der Waals surface area contributed by atoms with Gasteiger partial charge in [-0.3, -0.25) is 4.98 Å². The molecule has 0 spiro atoms. The summed E-state index contributed by atoms with van der Waals surface area (Å²) >= 11 is 0. The largest absolute Gasteiger partial charge is 0.391 e. The van der Waals surface area contributed by atoms with Gasteiger partial charge in [-0.25, -0.2) is 4.18 Å². The molecule has 0 bridgehead atoms. The van der Waals surface area contributed by atoms with E-state index in [4.69, 9.17) is 10.2 Å². The Labute approximate surface area is 110 Å². The third-order valence-electron chi connectivity index (χ3n) is 2.47. The van der Waals surface area contributed by atoms with Crippen molar-refractivity contribution in [2.45, 2.75) is 18.1 Å². The van der Waals surface area contributed by atoms with Gasteiger partial charge in [0, 0.05) is 11.6 Å². The van der Waals surface area contributed by atoms with E-state index in [2.05, 4.69) is 9.17 Å². The molecule has 102 valence electrons. The number of para-hydroxylation sites is 1. The normalized spacial score (nSPS) is 13.6. The van der Waals surface area contributed by atoms with Gasteiger partial charge in [0.05, 0.1) is 12.1 Å². The highest BCUT2D eigenvalue weighted by molar-refractivity contribution is 7.87. The molecule has 0 saturated carbocycles. The maximum atomic E-state index is 12.0. The van der Waals surface area contributed by atoms with Gasteiger partial charge in [0.2, 0.25) is 0 Å². The molecule has 0 amide bonds. The van der Waals surface area contributed by atoms with E-state index in [-0.39, 0.29) is 10.4 Å². The summed E-state index contributed by atoms with van der Waals surface area (Å²) < 4.78 is 28.4. The number of aromatic nitrogens is 1. The molecule has 1 atom stereocenters. The van der Waals surface area contributed by atoms with E-state index in [0.29, 0.717) is 5.39 Å². The zero-order valence-electron chi connectivity index (χ0n) is 10.1. The first kappa shape index (κ1) is 13.9. The number of aliphatic hydroxyl groups is 2. The number of aliphatic hydroxyl groups excluding tert-OH is 2. The second kappa shape index (κ2) is 5.22. The molecule has 0 radical (unpaired) electrons. The Kier molecular flexibility index (Phi) is 3.81. The standard InChI is InChI=1S/C12H13NO5S/c1-8-5-9-3-2-4-10(12(9)13-6-8)19(16,17)18-11(15)7-14/h2-6,11,14-15H,7H2,1H3. The van der Waals surface area contributed by atoms with Crippen molar-refractivity contribution in [1.29, 1.82) is 0 Å². The van der Waals surface area contributed by atoms with Gasteiger partial charge in [-0.15, -0.1) is 0 Å². The van der Waals surface area contributed by atoms with Crippen LogP contribution in [0, 0.1) is 6.92 Å². The van der Waals surface area contributed by atoms with E-state index < -0.39 is 23.0 Å². The van der Waals surface area contributed by atoms with Crippen molar-refractivity contribution in [1.82, 2.24) is 4.98 Å². The van der Waals surface area contributed by atoms with Crippen LogP contribution in [0.15, 0.2) is 35.4 Å². The number of pyridine rings is 1. The van der Waals surface area contributed by atoms with Crippen LogP contribution in [0.25, 0.3) is 10.9 Å². The van der Waals surface area contributed by atoms with Crippen LogP contribution in [-0.2, 0) is 14.3 Å². The summed E-state index contributed by atoms with van der Waals surface area (Å²) in [5.41, 5.74) is 1.16. The van der Waals surface area contributed by atoms with Crippen LogP contribution in [0.4, 0.5) is 0 Å². The minimum Gasteiger partial charge on any atom is -0.391 e. The maximum absolute atomic E-state index is 12.0. The molecule has 2 aromatic rings. The lowest BCUT2D eigenvalue weighted by Crippen LogP contribution is -2.21. The van der Waals surface area contributed by atoms with Gasteiger partial charge in [0.1, 0.15) is 4.90 Å². The number of hydrogen-bond donors (Lipinski definition) is 2. The highest BCUT2D eigenvalue weighted by atomic mass is 32.2. The molecule has 6 nitrogen and oxygen atoms in total. The molecule has 1 unspecified atom stereocenters. The fraction of sp³-hybridized carbons (Fsp3) is 0.250. The average Bonchev–Trinajstić information content (AvgIpc) is 2.37. The summed E-state index contributed by atoms with van der Waals surface area (Å²) in [5.74, 6) is 0. The van der Waals surface area contributed by atoms with Gasteiger partial charge in [-0.05, 0) is 24.6 Å². The number of rotatable bonds is 4. The minimum absolute atomic E-state index is 0.141. The molecule has 0 aliphatic heterocycles. The molecular weight excluding hydrogens is 270 g/mol. The van der Waals surface area contributed by atoms with Gasteiger partial charge in [0.25, 0.3) is 0 Å². The van der Waals surface area contributed by atoms with Gasteiger partial charge < -0.3 is 10.2 Å². The number of hydrogen-bond acceptors (Lipinski definition) is 6. The van der Waals surface area contributed by atoms with E-state index >= 15 is 0 Å². The molecule has 2 N–H and O–H groups in total. The SMILES string of the molecule is Cc1cnc2c(S(=O)(=O)OC(O)CO)cccc2c1. The maximum Gasteiger partial charge on any atom is 0.301 e. The van der Waals surface area contributed by atoms with Gasteiger partial charge in [-0.1, -0.05) is 12.1 Å². The van der Waals surface area contributed by atoms with Gasteiger partial charge >= 0.3 is 10.1 Å². The Balaban J connectivity index is 2.56. The number of benzene rings is 1. The summed E-state index contributed by atoms with van der Waals surface area (Å²) in [6.45, 7) is 1.04. The van der Waals surface area contributed by atoms with Gasteiger partial charge in [0.15, 0.2) is 6.29 Å². The molecular formula is C12H13NO5S. The molecule has 7 heteroatoms. The number of aryl methyl sites for hydroxylation is 1. The van der Waals surface area contributed by atoms with E-state index in [0.717, 1.165) is 5.56 Å². The van der Waals surface area contributed by atoms with Crippen molar-refractivity contribution >= 4 is 21.0 Å². The predicted molar refractivity (Wildman–Crippen MR) is 67.8 cm³/mol. The quantitative estimate of drug-likeness (QED) is 0.628. The molecule has 0 aliphatic rings. The van der Waals surface area contributed by atoms with Crippen LogP contribution >= 0.6 is 0 Å². The first-order valence-corrected chi connectivity index (χ1v) is 6.92. The van der Waals surface area contributed by atoms with Crippen molar-refractivity contribution in [3.63, 3.8) is 0 Å².